The van der Waals surface area contributed by atoms with Gasteiger partial charge in [0.1, 0.15) is 0 Å². The van der Waals surface area contributed by atoms with Gasteiger partial charge < -0.3 is 10.6 Å². The predicted molar refractivity (Wildman–Crippen MR) is 34.5 cm³/mol. The smallest absolute Gasteiger partial charge is 0.237 e. The Kier molecular flexibility index (Phi) is 2.05. The SMILES string of the molecule is [CH2]NC(=O)[C@@H]1CCCN1. The third kappa shape index (κ3) is 1.42. The van der Waals surface area contributed by atoms with Crippen molar-refractivity contribution in [1.29, 1.82) is 0 Å². The van der Waals surface area contributed by atoms with Gasteiger partial charge in [0, 0.05) is 7.05 Å². The molecule has 0 unspecified atom stereocenters. The van der Waals surface area contributed by atoms with Crippen molar-refractivity contribution in [3.05, 3.63) is 7.05 Å². The molecule has 9 heavy (non-hydrogen) atoms. The van der Waals surface area contributed by atoms with Crippen molar-refractivity contribution in [2.24, 2.45) is 0 Å². The van der Waals surface area contributed by atoms with E-state index < -0.39 is 0 Å². The number of hydrogen-bond acceptors (Lipinski definition) is 2. The monoisotopic (exact) mass is 127 g/mol. The van der Waals surface area contributed by atoms with Gasteiger partial charge in [0.2, 0.25) is 5.91 Å². The van der Waals surface area contributed by atoms with Crippen LogP contribution in [-0.4, -0.2) is 18.5 Å². The third-order valence-electron chi connectivity index (χ3n) is 1.55. The van der Waals surface area contributed by atoms with Crippen molar-refractivity contribution < 1.29 is 4.79 Å². The van der Waals surface area contributed by atoms with E-state index in [0.29, 0.717) is 0 Å². The van der Waals surface area contributed by atoms with Crippen LogP contribution in [0.25, 0.3) is 0 Å². The van der Waals surface area contributed by atoms with E-state index in [-0.39, 0.29) is 11.9 Å². The third-order valence-corrected chi connectivity index (χ3v) is 1.55. The summed E-state index contributed by atoms with van der Waals surface area (Å²) in [5.74, 6) is 0.00694. The van der Waals surface area contributed by atoms with E-state index in [0.717, 1.165) is 19.4 Å². The maximum Gasteiger partial charge on any atom is 0.237 e. The van der Waals surface area contributed by atoms with Gasteiger partial charge in [-0.1, -0.05) is 0 Å². The zero-order valence-electron chi connectivity index (χ0n) is 5.31. The first-order valence-corrected chi connectivity index (χ1v) is 3.15. The molecule has 2 N–H and O–H groups in total. The number of hydrogen-bond donors (Lipinski definition) is 2. The highest BCUT2D eigenvalue weighted by Crippen LogP contribution is 2.03. The quantitative estimate of drug-likeness (QED) is 0.505. The molecule has 1 fully saturated rings. The summed E-state index contributed by atoms with van der Waals surface area (Å²) in [5, 5.41) is 5.41. The minimum absolute atomic E-state index is 0.00694. The second-order valence-corrected chi connectivity index (χ2v) is 2.19. The van der Waals surface area contributed by atoms with Crippen molar-refractivity contribution in [1.82, 2.24) is 10.6 Å². The van der Waals surface area contributed by atoms with Crippen molar-refractivity contribution in [2.75, 3.05) is 6.54 Å². The first-order valence-electron chi connectivity index (χ1n) is 3.15. The molecule has 0 aromatic carbocycles. The maximum absolute atomic E-state index is 10.8. The van der Waals surface area contributed by atoms with Crippen LogP contribution in [0.5, 0.6) is 0 Å². The standard InChI is InChI=1S/C6H11N2O/c1-7-6(9)5-3-2-4-8-5/h5,8H,1-4H2,(H,7,9)/t5-/m0/s1. The van der Waals surface area contributed by atoms with E-state index in [4.69, 9.17) is 0 Å². The van der Waals surface area contributed by atoms with Gasteiger partial charge >= 0.3 is 0 Å². The molecule has 0 aliphatic carbocycles. The number of nitrogens with one attached hydrogen (secondary N) is 2. The first-order chi connectivity index (χ1) is 4.34. The van der Waals surface area contributed by atoms with Crippen LogP contribution in [0, 0.1) is 7.05 Å². The molecule has 0 spiro atoms. The molecular weight excluding hydrogens is 116 g/mol. The lowest BCUT2D eigenvalue weighted by atomic mass is 10.2. The van der Waals surface area contributed by atoms with Crippen molar-refractivity contribution >= 4 is 5.91 Å². The average molecular weight is 127 g/mol. The fraction of sp³-hybridized carbons (Fsp3) is 0.667. The van der Waals surface area contributed by atoms with Gasteiger partial charge in [0.05, 0.1) is 6.04 Å². The molecule has 0 aromatic heterocycles. The summed E-state index contributed by atoms with van der Waals surface area (Å²) in [6, 6.07) is 0.0162. The summed E-state index contributed by atoms with van der Waals surface area (Å²) in [5.41, 5.74) is 0. The molecule has 1 atom stereocenters. The predicted octanol–water partition coefficient (Wildman–Crippen LogP) is -0.354. The fourth-order valence-corrected chi connectivity index (χ4v) is 1.03. The maximum atomic E-state index is 10.8. The Morgan fingerprint density at radius 1 is 1.78 bits per heavy atom. The van der Waals surface area contributed by atoms with Gasteiger partial charge in [0.15, 0.2) is 0 Å². The molecular formula is C6H11N2O. The lowest BCUT2D eigenvalue weighted by Gasteiger charge is -2.05. The molecule has 0 saturated carbocycles. The van der Waals surface area contributed by atoms with Crippen molar-refractivity contribution in [3.63, 3.8) is 0 Å². The summed E-state index contributed by atoms with van der Waals surface area (Å²) in [6.07, 6.45) is 2.04. The van der Waals surface area contributed by atoms with Gasteiger partial charge in [-0.2, -0.15) is 0 Å². The molecule has 1 aliphatic rings. The molecule has 1 radical (unpaired) electrons. The number of rotatable bonds is 1. The van der Waals surface area contributed by atoms with E-state index in [1.807, 2.05) is 0 Å². The minimum Gasteiger partial charge on any atom is -0.353 e. The lowest BCUT2D eigenvalue weighted by Crippen LogP contribution is -2.37. The fourth-order valence-electron chi connectivity index (χ4n) is 1.03. The van der Waals surface area contributed by atoms with Crippen LogP contribution in [0.3, 0.4) is 0 Å². The van der Waals surface area contributed by atoms with Crippen molar-refractivity contribution in [3.8, 4) is 0 Å². The second-order valence-electron chi connectivity index (χ2n) is 2.19. The Morgan fingerprint density at radius 3 is 3.00 bits per heavy atom. The van der Waals surface area contributed by atoms with Gasteiger partial charge in [-0.25, -0.2) is 0 Å². The van der Waals surface area contributed by atoms with E-state index >= 15 is 0 Å². The second kappa shape index (κ2) is 2.82. The van der Waals surface area contributed by atoms with Crippen molar-refractivity contribution in [2.45, 2.75) is 18.9 Å². The summed E-state index contributed by atoms with van der Waals surface area (Å²) in [6.45, 7) is 0.956. The summed E-state index contributed by atoms with van der Waals surface area (Å²) < 4.78 is 0. The molecule has 1 heterocycles. The largest absolute Gasteiger partial charge is 0.353 e. The molecule has 0 aromatic rings. The minimum atomic E-state index is 0.00694. The Labute approximate surface area is 54.8 Å². The number of carbonyl (C=O) groups is 1. The zero-order valence-corrected chi connectivity index (χ0v) is 5.31. The molecule has 1 amide bonds. The normalized spacial score (nSPS) is 26.1. The summed E-state index contributed by atoms with van der Waals surface area (Å²) in [4.78, 5) is 10.8. The van der Waals surface area contributed by atoms with E-state index in [1.54, 1.807) is 0 Å². The molecule has 3 heteroatoms. The lowest BCUT2D eigenvalue weighted by molar-refractivity contribution is -0.121. The molecule has 1 saturated heterocycles. The highest BCUT2D eigenvalue weighted by molar-refractivity contribution is 5.82. The molecule has 1 aliphatic heterocycles. The van der Waals surface area contributed by atoms with Crippen LogP contribution in [0.15, 0.2) is 0 Å². The van der Waals surface area contributed by atoms with Crippen LogP contribution in [0.2, 0.25) is 0 Å². The van der Waals surface area contributed by atoms with Gasteiger partial charge in [-0.3, -0.25) is 4.79 Å². The van der Waals surface area contributed by atoms with E-state index in [1.165, 1.54) is 0 Å². The summed E-state index contributed by atoms with van der Waals surface area (Å²) in [7, 11) is 3.29. The van der Waals surface area contributed by atoms with E-state index in [9.17, 15) is 4.79 Å². The Bertz CT molecular complexity index is 108. The molecule has 51 valence electrons. The summed E-state index contributed by atoms with van der Waals surface area (Å²) >= 11 is 0. The number of amides is 1. The topological polar surface area (TPSA) is 41.1 Å². The van der Waals surface area contributed by atoms with Gasteiger partial charge in [-0.15, -0.1) is 0 Å². The van der Waals surface area contributed by atoms with E-state index in [2.05, 4.69) is 17.7 Å². The molecule has 3 nitrogen and oxygen atoms in total. The first kappa shape index (κ1) is 6.55. The number of carbonyl (C=O) groups excluding carboxylic acids is 1. The molecule has 0 bridgehead atoms. The Hall–Kier alpha value is -0.570. The Morgan fingerprint density at radius 2 is 2.56 bits per heavy atom. The average Bonchev–Trinajstić information content (AvgIpc) is 2.37. The Balaban J connectivity index is 2.32. The van der Waals surface area contributed by atoms with Crippen LogP contribution < -0.4 is 10.6 Å². The highest BCUT2D eigenvalue weighted by atomic mass is 16.2. The van der Waals surface area contributed by atoms with Gasteiger partial charge in [-0.05, 0) is 19.4 Å². The van der Waals surface area contributed by atoms with Crippen LogP contribution in [0.4, 0.5) is 0 Å². The van der Waals surface area contributed by atoms with Gasteiger partial charge in [0.25, 0.3) is 0 Å². The highest BCUT2D eigenvalue weighted by Gasteiger charge is 2.19. The molecule has 1 rings (SSSR count). The van der Waals surface area contributed by atoms with Crippen LogP contribution in [0.1, 0.15) is 12.8 Å². The van der Waals surface area contributed by atoms with Crippen LogP contribution in [-0.2, 0) is 4.79 Å². The zero-order chi connectivity index (χ0) is 6.69. The van der Waals surface area contributed by atoms with Crippen LogP contribution >= 0.6 is 0 Å².